The monoisotopic (exact) mass is 187 g/mol. The van der Waals surface area contributed by atoms with Crippen LogP contribution in [0.2, 0.25) is 0 Å². The Balaban J connectivity index is 4.26. The van der Waals surface area contributed by atoms with Gasteiger partial charge in [-0.25, -0.2) is 4.18 Å². The van der Waals surface area contributed by atoms with Crippen molar-refractivity contribution >= 4 is 10.3 Å². The molecule has 0 radical (unpaired) electrons. The lowest BCUT2D eigenvalue weighted by Gasteiger charge is -2.14. The van der Waals surface area contributed by atoms with E-state index in [4.69, 9.17) is 15.3 Å². The summed E-state index contributed by atoms with van der Waals surface area (Å²) in [6, 6.07) is 0. The fourth-order valence-electron chi connectivity index (χ4n) is 0.327. The Bertz CT molecular complexity index is 184. The topological polar surface area (TPSA) is 107 Å². The lowest BCUT2D eigenvalue weighted by Crippen LogP contribution is -2.34. The van der Waals surface area contributed by atoms with Crippen molar-refractivity contribution in [1.82, 2.24) is 4.31 Å². The van der Waals surface area contributed by atoms with Crippen LogP contribution in [0.3, 0.4) is 0 Å². The molecule has 11 heavy (non-hydrogen) atoms. The molecule has 0 aromatic heterocycles. The van der Waals surface area contributed by atoms with E-state index in [0.717, 1.165) is 0 Å². The number of hydrogen-bond acceptors (Lipinski definition) is 6. The Morgan fingerprint density at radius 3 is 1.91 bits per heavy atom. The zero-order valence-corrected chi connectivity index (χ0v) is 6.36. The van der Waals surface area contributed by atoms with Crippen molar-refractivity contribution in [3.05, 3.63) is 0 Å². The zero-order chi connectivity index (χ0) is 8.91. The van der Waals surface area contributed by atoms with E-state index >= 15 is 0 Å². The minimum absolute atomic E-state index is 0.225. The Morgan fingerprint density at radius 2 is 1.64 bits per heavy atom. The van der Waals surface area contributed by atoms with E-state index in [1.165, 1.54) is 0 Å². The molecule has 0 aliphatic heterocycles. The first-order valence-corrected chi connectivity index (χ1v) is 3.92. The highest BCUT2D eigenvalue weighted by atomic mass is 32.2. The third-order valence-electron chi connectivity index (χ3n) is 0.833. The second kappa shape index (κ2) is 4.59. The van der Waals surface area contributed by atoms with Gasteiger partial charge in [0.2, 0.25) is 0 Å². The largest absolute Gasteiger partial charge is 0.380 e. The summed E-state index contributed by atoms with van der Waals surface area (Å²) in [5.41, 5.74) is 0. The molecule has 0 unspecified atom stereocenters. The summed E-state index contributed by atoms with van der Waals surface area (Å²) in [5.74, 6) is 0. The average Bonchev–Trinajstić information content (AvgIpc) is 1.89. The van der Waals surface area contributed by atoms with Crippen LogP contribution in [0.15, 0.2) is 0 Å². The van der Waals surface area contributed by atoms with E-state index in [0.29, 0.717) is 0 Å². The molecule has 0 spiro atoms. The summed E-state index contributed by atoms with van der Waals surface area (Å²) in [7, 11) is -4.19. The summed E-state index contributed by atoms with van der Waals surface area (Å²) in [5, 5.41) is 24.7. The molecule has 3 N–H and O–H groups in total. The van der Waals surface area contributed by atoms with E-state index in [9.17, 15) is 8.42 Å². The van der Waals surface area contributed by atoms with Crippen molar-refractivity contribution in [2.45, 2.75) is 0 Å². The second-order valence-electron chi connectivity index (χ2n) is 1.44. The summed E-state index contributed by atoms with van der Waals surface area (Å²) < 4.78 is 25.3. The van der Waals surface area contributed by atoms with Crippen LogP contribution in [0.1, 0.15) is 0 Å². The maximum Gasteiger partial charge on any atom is 0.344 e. The van der Waals surface area contributed by atoms with E-state index in [1.807, 2.05) is 0 Å². The summed E-state index contributed by atoms with van der Waals surface area (Å²) >= 11 is 0. The Kier molecular flexibility index (Phi) is 4.49. The van der Waals surface area contributed by atoms with E-state index in [-0.39, 0.29) is 4.31 Å². The maximum atomic E-state index is 10.6. The number of hydrogen-bond donors (Lipinski definition) is 3. The molecular weight excluding hydrogens is 178 g/mol. The Morgan fingerprint density at radius 1 is 1.18 bits per heavy atom. The maximum absolute atomic E-state index is 10.6. The van der Waals surface area contributed by atoms with Gasteiger partial charge in [0, 0.05) is 0 Å². The number of nitrogens with zero attached hydrogens (tertiary/aromatic N) is 1. The Labute approximate surface area is 63.7 Å². The van der Waals surface area contributed by atoms with Gasteiger partial charge in [-0.1, -0.05) is 0 Å². The fourth-order valence-corrected chi connectivity index (χ4v) is 0.892. The minimum atomic E-state index is -4.19. The molecule has 8 heteroatoms. The molecule has 0 aliphatic rings. The highest BCUT2D eigenvalue weighted by Crippen LogP contribution is 1.98. The first kappa shape index (κ1) is 10.8. The number of aliphatic hydroxyl groups is 3. The molecule has 7 nitrogen and oxygen atoms in total. The molecule has 0 fully saturated rings. The summed E-state index contributed by atoms with van der Waals surface area (Å²) in [6.45, 7) is -2.84. The highest BCUT2D eigenvalue weighted by Gasteiger charge is 2.20. The van der Waals surface area contributed by atoms with Crippen molar-refractivity contribution in [1.29, 1.82) is 0 Å². The molecule has 0 saturated heterocycles. The number of aliphatic hydroxyl groups excluding tert-OH is 3. The number of rotatable bonds is 5. The smallest absolute Gasteiger partial charge is 0.344 e. The highest BCUT2D eigenvalue weighted by molar-refractivity contribution is 7.84. The summed E-state index contributed by atoms with van der Waals surface area (Å²) in [4.78, 5) is 0. The van der Waals surface area contributed by atoms with Crippen LogP contribution in [0.5, 0.6) is 0 Å². The first-order valence-electron chi connectivity index (χ1n) is 2.55. The van der Waals surface area contributed by atoms with Crippen molar-refractivity contribution in [3.8, 4) is 0 Å². The predicted octanol–water partition coefficient (Wildman–Crippen LogP) is -2.60. The lowest BCUT2D eigenvalue weighted by atomic mass is 11.1. The van der Waals surface area contributed by atoms with Crippen LogP contribution in [-0.4, -0.2) is 48.3 Å². The van der Waals surface area contributed by atoms with Crippen LogP contribution in [-0.2, 0) is 14.5 Å². The van der Waals surface area contributed by atoms with Crippen LogP contribution in [0.25, 0.3) is 0 Å². The van der Waals surface area contributed by atoms with Crippen LogP contribution in [0, 0.1) is 0 Å². The van der Waals surface area contributed by atoms with Gasteiger partial charge >= 0.3 is 10.3 Å². The molecular formula is C3H9NO6S. The van der Waals surface area contributed by atoms with Gasteiger partial charge in [0.05, 0.1) is 0 Å². The first-order chi connectivity index (χ1) is 5.08. The molecule has 0 atom stereocenters. The molecule has 68 valence electrons. The third kappa shape index (κ3) is 3.10. The van der Waals surface area contributed by atoms with Gasteiger partial charge in [-0.3, -0.25) is 0 Å². The van der Waals surface area contributed by atoms with Crippen LogP contribution < -0.4 is 0 Å². The van der Waals surface area contributed by atoms with E-state index < -0.39 is 30.6 Å². The van der Waals surface area contributed by atoms with Gasteiger partial charge in [0.25, 0.3) is 0 Å². The zero-order valence-electron chi connectivity index (χ0n) is 5.54. The summed E-state index contributed by atoms with van der Waals surface area (Å²) in [6.07, 6.45) is 0. The van der Waals surface area contributed by atoms with Crippen molar-refractivity contribution in [2.24, 2.45) is 0 Å². The average molecular weight is 187 g/mol. The van der Waals surface area contributed by atoms with E-state index in [1.54, 1.807) is 0 Å². The second-order valence-corrected chi connectivity index (χ2v) is 3.05. The third-order valence-corrected chi connectivity index (χ3v) is 2.10. The fraction of sp³-hybridized carbons (Fsp3) is 1.00. The molecule has 0 aliphatic carbocycles. The molecule has 0 aromatic carbocycles. The van der Waals surface area contributed by atoms with Crippen molar-refractivity contribution in [3.63, 3.8) is 0 Å². The van der Waals surface area contributed by atoms with Crippen LogP contribution >= 0.6 is 0 Å². The van der Waals surface area contributed by atoms with Gasteiger partial charge in [0.1, 0.15) is 13.5 Å². The normalized spacial score (nSPS) is 12.4. The molecule has 0 aromatic rings. The quantitative estimate of drug-likeness (QED) is 0.407. The van der Waals surface area contributed by atoms with Gasteiger partial charge in [0.15, 0.2) is 6.79 Å². The Hall–Kier alpha value is -0.250. The van der Waals surface area contributed by atoms with Gasteiger partial charge in [-0.2, -0.15) is 8.42 Å². The van der Waals surface area contributed by atoms with Crippen molar-refractivity contribution in [2.75, 3.05) is 20.3 Å². The molecule has 0 amide bonds. The van der Waals surface area contributed by atoms with Gasteiger partial charge in [-0.15, -0.1) is 4.31 Å². The van der Waals surface area contributed by atoms with E-state index in [2.05, 4.69) is 4.18 Å². The molecule has 0 bridgehead atoms. The lowest BCUT2D eigenvalue weighted by molar-refractivity contribution is 0.0553. The van der Waals surface area contributed by atoms with Crippen molar-refractivity contribution < 1.29 is 27.9 Å². The minimum Gasteiger partial charge on any atom is -0.380 e. The standard InChI is InChI=1S/C3H9NO6S/c5-1-4(2-6)11(8,9)10-3-7/h5-7H,1-3H2. The molecule has 0 saturated carbocycles. The molecule has 0 heterocycles. The van der Waals surface area contributed by atoms with Gasteiger partial charge < -0.3 is 15.3 Å². The SMILES string of the molecule is O=S(=O)(OCO)N(CO)CO. The van der Waals surface area contributed by atoms with Crippen LogP contribution in [0.4, 0.5) is 0 Å². The predicted molar refractivity (Wildman–Crippen MR) is 33.1 cm³/mol. The van der Waals surface area contributed by atoms with Gasteiger partial charge in [-0.05, 0) is 0 Å². The molecule has 0 rings (SSSR count).